The summed E-state index contributed by atoms with van der Waals surface area (Å²) in [4.78, 5) is 14.2. The van der Waals surface area contributed by atoms with E-state index in [0.29, 0.717) is 0 Å². The Balaban J connectivity index is 2.32. The van der Waals surface area contributed by atoms with E-state index in [0.717, 1.165) is 5.56 Å². The summed E-state index contributed by atoms with van der Waals surface area (Å²) in [6.45, 7) is 1.83. The quantitative estimate of drug-likeness (QED) is 0.688. The summed E-state index contributed by atoms with van der Waals surface area (Å²) >= 11 is 5.95. The number of hydrogen-bond donors (Lipinski definition) is 1. The Kier molecular flexibility index (Phi) is 4.16. The zero-order chi connectivity index (χ0) is 14.7. The summed E-state index contributed by atoms with van der Waals surface area (Å²) in [5.74, 6) is 0.456. The largest absolute Gasteiger partial charge is 0.437 e. The fourth-order valence-corrected chi connectivity index (χ4v) is 1.72. The normalized spacial score (nSPS) is 11.9. The summed E-state index contributed by atoms with van der Waals surface area (Å²) in [7, 11) is 0. The molecule has 1 atom stereocenters. The second kappa shape index (κ2) is 5.85. The van der Waals surface area contributed by atoms with Gasteiger partial charge in [0, 0.05) is 24.4 Å². The van der Waals surface area contributed by atoms with E-state index in [2.05, 4.69) is 4.98 Å². The van der Waals surface area contributed by atoms with Gasteiger partial charge in [-0.2, -0.15) is 0 Å². The van der Waals surface area contributed by atoms with Crippen LogP contribution in [-0.2, 0) is 0 Å². The summed E-state index contributed by atoms with van der Waals surface area (Å²) in [6.07, 6.45) is 1.55. The Labute approximate surface area is 120 Å². The van der Waals surface area contributed by atoms with Crippen LogP contribution in [-0.4, -0.2) is 9.91 Å². The van der Waals surface area contributed by atoms with Crippen LogP contribution in [0, 0.1) is 10.1 Å². The summed E-state index contributed by atoms with van der Waals surface area (Å²) in [5.41, 5.74) is 6.51. The second-order valence-corrected chi connectivity index (χ2v) is 4.60. The molecular formula is C13H12ClN3O3. The minimum Gasteiger partial charge on any atom is -0.437 e. The maximum Gasteiger partial charge on any atom is 0.273 e. The van der Waals surface area contributed by atoms with Crippen molar-refractivity contribution in [2.75, 3.05) is 0 Å². The molecule has 0 fully saturated rings. The molecule has 2 aromatic rings. The van der Waals surface area contributed by atoms with E-state index in [1.165, 1.54) is 18.2 Å². The SMILES string of the molecule is C[C@H](N)c1ccnc(Oc2cc([N+](=O)[O-])ccc2Cl)c1. The predicted molar refractivity (Wildman–Crippen MR) is 75.0 cm³/mol. The first-order chi connectivity index (χ1) is 9.47. The minimum atomic E-state index is -0.519. The van der Waals surface area contributed by atoms with Crippen LogP contribution in [0.1, 0.15) is 18.5 Å². The number of nitro groups is 1. The van der Waals surface area contributed by atoms with E-state index < -0.39 is 4.92 Å². The highest BCUT2D eigenvalue weighted by Crippen LogP contribution is 2.32. The van der Waals surface area contributed by atoms with Gasteiger partial charge in [-0.25, -0.2) is 4.98 Å². The number of pyridine rings is 1. The summed E-state index contributed by atoms with van der Waals surface area (Å²) in [6, 6.07) is 7.24. The lowest BCUT2D eigenvalue weighted by Crippen LogP contribution is -2.05. The van der Waals surface area contributed by atoms with Gasteiger partial charge in [-0.1, -0.05) is 11.6 Å². The molecular weight excluding hydrogens is 282 g/mol. The van der Waals surface area contributed by atoms with E-state index in [-0.39, 0.29) is 28.4 Å². The van der Waals surface area contributed by atoms with Crippen molar-refractivity contribution >= 4 is 17.3 Å². The molecule has 7 heteroatoms. The zero-order valence-corrected chi connectivity index (χ0v) is 11.4. The van der Waals surface area contributed by atoms with Gasteiger partial charge in [0.25, 0.3) is 5.69 Å². The predicted octanol–water partition coefficient (Wildman–Crippen LogP) is 3.46. The zero-order valence-electron chi connectivity index (χ0n) is 10.6. The van der Waals surface area contributed by atoms with Gasteiger partial charge in [0.15, 0.2) is 5.75 Å². The van der Waals surface area contributed by atoms with Gasteiger partial charge < -0.3 is 10.5 Å². The topological polar surface area (TPSA) is 91.3 Å². The molecule has 2 rings (SSSR count). The number of non-ortho nitro benzene ring substituents is 1. The van der Waals surface area contributed by atoms with Gasteiger partial charge in [-0.15, -0.1) is 0 Å². The van der Waals surface area contributed by atoms with Gasteiger partial charge in [0.05, 0.1) is 16.0 Å². The molecule has 104 valence electrons. The van der Waals surface area contributed by atoms with Gasteiger partial charge in [-0.05, 0) is 24.6 Å². The molecule has 0 saturated carbocycles. The number of benzene rings is 1. The molecule has 0 amide bonds. The number of ether oxygens (including phenoxy) is 1. The van der Waals surface area contributed by atoms with Crippen LogP contribution < -0.4 is 10.5 Å². The summed E-state index contributed by atoms with van der Waals surface area (Å²) in [5, 5.41) is 11.0. The van der Waals surface area contributed by atoms with Crippen molar-refractivity contribution in [2.24, 2.45) is 5.73 Å². The number of nitrogens with zero attached hydrogens (tertiary/aromatic N) is 2. The van der Waals surface area contributed by atoms with E-state index in [1.54, 1.807) is 18.3 Å². The first-order valence-corrected chi connectivity index (χ1v) is 6.18. The van der Waals surface area contributed by atoms with Gasteiger partial charge in [-0.3, -0.25) is 10.1 Å². The van der Waals surface area contributed by atoms with Crippen molar-refractivity contribution in [2.45, 2.75) is 13.0 Å². The third-order valence-electron chi connectivity index (χ3n) is 2.62. The molecule has 0 aliphatic heterocycles. The van der Waals surface area contributed by atoms with Crippen LogP contribution in [0.15, 0.2) is 36.5 Å². The lowest BCUT2D eigenvalue weighted by molar-refractivity contribution is -0.384. The highest BCUT2D eigenvalue weighted by molar-refractivity contribution is 6.32. The molecule has 1 aromatic carbocycles. The fourth-order valence-electron chi connectivity index (χ4n) is 1.56. The van der Waals surface area contributed by atoms with Crippen molar-refractivity contribution in [3.63, 3.8) is 0 Å². The number of rotatable bonds is 4. The van der Waals surface area contributed by atoms with Crippen LogP contribution in [0.4, 0.5) is 5.69 Å². The van der Waals surface area contributed by atoms with Crippen LogP contribution in [0.5, 0.6) is 11.6 Å². The van der Waals surface area contributed by atoms with Crippen LogP contribution in [0.3, 0.4) is 0 Å². The molecule has 6 nitrogen and oxygen atoms in total. The van der Waals surface area contributed by atoms with Crippen molar-refractivity contribution in [3.05, 3.63) is 57.2 Å². The number of nitrogens with two attached hydrogens (primary N) is 1. The van der Waals surface area contributed by atoms with Crippen molar-refractivity contribution in [1.82, 2.24) is 4.98 Å². The number of aromatic nitrogens is 1. The third-order valence-corrected chi connectivity index (χ3v) is 2.94. The molecule has 1 heterocycles. The maximum absolute atomic E-state index is 10.7. The Morgan fingerprint density at radius 3 is 2.80 bits per heavy atom. The summed E-state index contributed by atoms with van der Waals surface area (Å²) < 4.78 is 5.49. The van der Waals surface area contributed by atoms with Crippen LogP contribution in [0.2, 0.25) is 5.02 Å². The molecule has 0 saturated heterocycles. The van der Waals surface area contributed by atoms with Crippen molar-refractivity contribution in [3.8, 4) is 11.6 Å². The first kappa shape index (κ1) is 14.2. The highest BCUT2D eigenvalue weighted by atomic mass is 35.5. The molecule has 0 unspecified atom stereocenters. The highest BCUT2D eigenvalue weighted by Gasteiger charge is 2.12. The average molecular weight is 294 g/mol. The molecule has 2 N–H and O–H groups in total. The molecule has 0 aliphatic carbocycles. The monoisotopic (exact) mass is 293 g/mol. The van der Waals surface area contributed by atoms with E-state index in [4.69, 9.17) is 22.1 Å². The van der Waals surface area contributed by atoms with E-state index in [9.17, 15) is 10.1 Å². The Morgan fingerprint density at radius 1 is 1.40 bits per heavy atom. The van der Waals surface area contributed by atoms with Gasteiger partial charge in [0.2, 0.25) is 5.88 Å². The number of halogens is 1. The van der Waals surface area contributed by atoms with E-state index >= 15 is 0 Å². The third kappa shape index (κ3) is 3.23. The average Bonchev–Trinajstić information content (AvgIpc) is 2.41. The fraction of sp³-hybridized carbons (Fsp3) is 0.154. The molecule has 0 radical (unpaired) electrons. The Morgan fingerprint density at radius 2 is 2.15 bits per heavy atom. The Bertz CT molecular complexity index is 647. The van der Waals surface area contributed by atoms with Crippen molar-refractivity contribution in [1.29, 1.82) is 0 Å². The van der Waals surface area contributed by atoms with Crippen LogP contribution >= 0.6 is 11.6 Å². The first-order valence-electron chi connectivity index (χ1n) is 5.80. The molecule has 20 heavy (non-hydrogen) atoms. The van der Waals surface area contributed by atoms with Gasteiger partial charge >= 0.3 is 0 Å². The standard InChI is InChI=1S/C13H12ClN3O3/c1-8(15)9-4-5-16-13(6-9)20-12-7-10(17(18)19)2-3-11(12)14/h2-8H,15H2,1H3/t8-/m0/s1. The molecule has 0 aliphatic rings. The molecule has 0 spiro atoms. The van der Waals surface area contributed by atoms with Crippen molar-refractivity contribution < 1.29 is 9.66 Å². The smallest absolute Gasteiger partial charge is 0.273 e. The van der Waals surface area contributed by atoms with Gasteiger partial charge in [0.1, 0.15) is 0 Å². The molecule has 1 aromatic heterocycles. The second-order valence-electron chi connectivity index (χ2n) is 4.19. The minimum absolute atomic E-state index is 0.104. The lowest BCUT2D eigenvalue weighted by atomic mass is 10.1. The maximum atomic E-state index is 10.7. The number of hydrogen-bond acceptors (Lipinski definition) is 5. The lowest BCUT2D eigenvalue weighted by Gasteiger charge is -2.09. The van der Waals surface area contributed by atoms with E-state index in [1.807, 2.05) is 6.92 Å². The number of nitro benzene ring substituents is 1. The van der Waals surface area contributed by atoms with Crippen LogP contribution in [0.25, 0.3) is 0 Å². The molecule has 0 bridgehead atoms. The Hall–Kier alpha value is -2.18.